The summed E-state index contributed by atoms with van der Waals surface area (Å²) in [5.41, 5.74) is -2.00. The van der Waals surface area contributed by atoms with Gasteiger partial charge in [0.1, 0.15) is 6.61 Å². The van der Waals surface area contributed by atoms with E-state index in [1.165, 1.54) is 45.4 Å². The summed E-state index contributed by atoms with van der Waals surface area (Å²) < 4.78 is 44.2. The van der Waals surface area contributed by atoms with Gasteiger partial charge in [-0.1, -0.05) is 65.2 Å². The van der Waals surface area contributed by atoms with Gasteiger partial charge in [-0.25, -0.2) is 4.99 Å². The number of alkyl halides is 3. The molecule has 1 aliphatic heterocycles. The Balaban J connectivity index is 2.16. The SMILES string of the molecule is CCCCCCCCCCCC1=NC(CC)(C(F)(F)F)CO1. The van der Waals surface area contributed by atoms with E-state index < -0.39 is 11.7 Å². The number of rotatable bonds is 11. The molecule has 0 aromatic heterocycles. The zero-order valence-corrected chi connectivity index (χ0v) is 14.0. The molecule has 0 saturated heterocycles. The van der Waals surface area contributed by atoms with Gasteiger partial charge in [-0.3, -0.25) is 0 Å². The first-order chi connectivity index (χ1) is 10.4. The second kappa shape index (κ2) is 9.41. The van der Waals surface area contributed by atoms with Gasteiger partial charge in [0.05, 0.1) is 0 Å². The summed E-state index contributed by atoms with van der Waals surface area (Å²) in [6.07, 6.45) is 6.90. The Morgan fingerprint density at radius 1 is 0.955 bits per heavy atom. The van der Waals surface area contributed by atoms with E-state index in [4.69, 9.17) is 4.74 Å². The Morgan fingerprint density at radius 3 is 1.95 bits per heavy atom. The highest BCUT2D eigenvalue weighted by molar-refractivity contribution is 5.78. The van der Waals surface area contributed by atoms with Gasteiger partial charge < -0.3 is 4.74 Å². The lowest BCUT2D eigenvalue weighted by atomic mass is 9.98. The summed E-state index contributed by atoms with van der Waals surface area (Å²) in [5, 5.41) is 0. The average Bonchev–Trinajstić information content (AvgIpc) is 2.90. The third-order valence-electron chi connectivity index (χ3n) is 4.42. The minimum atomic E-state index is -4.32. The normalized spacial score (nSPS) is 21.8. The minimum absolute atomic E-state index is 0.0578. The zero-order chi connectivity index (χ0) is 16.5. The molecule has 1 heterocycles. The summed E-state index contributed by atoms with van der Waals surface area (Å²) in [7, 11) is 0. The minimum Gasteiger partial charge on any atom is -0.478 e. The molecule has 0 amide bonds. The lowest BCUT2D eigenvalue weighted by Gasteiger charge is -2.24. The smallest absolute Gasteiger partial charge is 0.417 e. The van der Waals surface area contributed by atoms with Gasteiger partial charge in [-0.05, 0) is 12.8 Å². The molecule has 1 atom stereocenters. The van der Waals surface area contributed by atoms with Gasteiger partial charge in [0, 0.05) is 6.42 Å². The molecule has 1 unspecified atom stereocenters. The maximum atomic E-state index is 13.0. The fraction of sp³-hybridized carbons (Fsp3) is 0.941. The molecule has 5 heteroatoms. The highest BCUT2D eigenvalue weighted by Crippen LogP contribution is 2.40. The molecule has 0 aliphatic carbocycles. The third-order valence-corrected chi connectivity index (χ3v) is 4.42. The van der Waals surface area contributed by atoms with Gasteiger partial charge in [0.2, 0.25) is 0 Å². The predicted octanol–water partition coefficient (Wildman–Crippen LogP) is 6.05. The van der Waals surface area contributed by atoms with Crippen molar-refractivity contribution in [3.8, 4) is 0 Å². The van der Waals surface area contributed by atoms with Crippen molar-refractivity contribution >= 4 is 5.90 Å². The molecule has 0 saturated carbocycles. The van der Waals surface area contributed by atoms with Crippen molar-refractivity contribution in [2.75, 3.05) is 6.61 Å². The van der Waals surface area contributed by atoms with Crippen molar-refractivity contribution in [3.63, 3.8) is 0 Å². The Hall–Kier alpha value is -0.740. The molecule has 0 fully saturated rings. The van der Waals surface area contributed by atoms with Crippen molar-refractivity contribution in [2.45, 2.75) is 96.2 Å². The standard InChI is InChI=1S/C17H30F3NO/c1-3-5-6-7-8-9-10-11-12-13-15-21-16(4-2,14-22-15)17(18,19)20/h3-14H2,1-2H3. The molecule has 1 rings (SSSR count). The highest BCUT2D eigenvalue weighted by Gasteiger charge is 2.57. The fourth-order valence-corrected chi connectivity index (χ4v) is 2.75. The molecule has 0 radical (unpaired) electrons. The third kappa shape index (κ3) is 5.81. The molecular weight excluding hydrogens is 291 g/mol. The first-order valence-electron chi connectivity index (χ1n) is 8.73. The van der Waals surface area contributed by atoms with Crippen molar-refractivity contribution < 1.29 is 17.9 Å². The van der Waals surface area contributed by atoms with E-state index in [9.17, 15) is 13.2 Å². The van der Waals surface area contributed by atoms with Crippen LogP contribution in [-0.4, -0.2) is 24.2 Å². The van der Waals surface area contributed by atoms with Crippen molar-refractivity contribution in [2.24, 2.45) is 4.99 Å². The van der Waals surface area contributed by atoms with Crippen molar-refractivity contribution in [3.05, 3.63) is 0 Å². The Bertz CT molecular complexity index is 341. The number of hydrogen-bond acceptors (Lipinski definition) is 2. The summed E-state index contributed by atoms with van der Waals surface area (Å²) in [5.74, 6) is 0.294. The fourth-order valence-electron chi connectivity index (χ4n) is 2.75. The van der Waals surface area contributed by atoms with Crippen LogP contribution in [0.5, 0.6) is 0 Å². The van der Waals surface area contributed by atoms with Crippen LogP contribution in [0.15, 0.2) is 4.99 Å². The Labute approximate surface area is 132 Å². The van der Waals surface area contributed by atoms with Gasteiger partial charge in [0.25, 0.3) is 0 Å². The van der Waals surface area contributed by atoms with Crippen molar-refractivity contribution in [1.82, 2.24) is 0 Å². The van der Waals surface area contributed by atoms with E-state index >= 15 is 0 Å². The molecule has 22 heavy (non-hydrogen) atoms. The van der Waals surface area contributed by atoms with Crippen molar-refractivity contribution in [1.29, 1.82) is 0 Å². The largest absolute Gasteiger partial charge is 0.478 e. The Kier molecular flexibility index (Phi) is 8.26. The molecule has 0 N–H and O–H groups in total. The summed E-state index contributed by atoms with van der Waals surface area (Å²) in [6.45, 7) is 3.38. The van der Waals surface area contributed by atoms with E-state index in [1.807, 2.05) is 0 Å². The average molecular weight is 321 g/mol. The van der Waals surface area contributed by atoms with Crippen LogP contribution in [-0.2, 0) is 4.74 Å². The topological polar surface area (TPSA) is 21.6 Å². The maximum Gasteiger partial charge on any atom is 0.417 e. The lowest BCUT2D eigenvalue weighted by molar-refractivity contribution is -0.188. The van der Waals surface area contributed by atoms with E-state index in [1.54, 1.807) is 0 Å². The van der Waals surface area contributed by atoms with E-state index in [2.05, 4.69) is 11.9 Å². The number of unbranched alkanes of at least 4 members (excludes halogenated alkanes) is 8. The van der Waals surface area contributed by atoms with Crippen LogP contribution in [0, 0.1) is 0 Å². The maximum absolute atomic E-state index is 13.0. The molecule has 0 aromatic carbocycles. The molecule has 0 spiro atoms. The molecule has 2 nitrogen and oxygen atoms in total. The Morgan fingerprint density at radius 2 is 1.50 bits per heavy atom. The number of aliphatic imine (C=N–C) groups is 1. The number of nitrogens with zero attached hydrogens (tertiary/aromatic N) is 1. The molecule has 130 valence electrons. The number of hydrogen-bond donors (Lipinski definition) is 0. The van der Waals surface area contributed by atoms with E-state index in [0.29, 0.717) is 12.3 Å². The summed E-state index contributed by atoms with van der Waals surface area (Å²) in [4.78, 5) is 3.85. The van der Waals surface area contributed by atoms with E-state index in [0.717, 1.165) is 19.3 Å². The van der Waals surface area contributed by atoms with Crippen LogP contribution < -0.4 is 0 Å². The van der Waals surface area contributed by atoms with Gasteiger partial charge in [0.15, 0.2) is 11.4 Å². The van der Waals surface area contributed by atoms with Crippen LogP contribution in [0.1, 0.15) is 84.5 Å². The van der Waals surface area contributed by atoms with Gasteiger partial charge >= 0.3 is 6.18 Å². The summed E-state index contributed by atoms with van der Waals surface area (Å²) in [6, 6.07) is 0. The monoisotopic (exact) mass is 321 g/mol. The van der Waals surface area contributed by atoms with Crippen LogP contribution >= 0.6 is 0 Å². The first kappa shape index (κ1) is 19.3. The first-order valence-corrected chi connectivity index (χ1v) is 8.73. The molecular formula is C17H30F3NO. The lowest BCUT2D eigenvalue weighted by Crippen LogP contribution is -2.44. The predicted molar refractivity (Wildman–Crippen MR) is 84.3 cm³/mol. The molecule has 0 bridgehead atoms. The molecule has 1 aliphatic rings. The zero-order valence-electron chi connectivity index (χ0n) is 14.0. The van der Waals surface area contributed by atoms with Gasteiger partial charge in [-0.2, -0.15) is 13.2 Å². The summed E-state index contributed by atoms with van der Waals surface area (Å²) >= 11 is 0. The quantitative estimate of drug-likeness (QED) is 0.425. The van der Waals surface area contributed by atoms with Crippen LogP contribution in [0.25, 0.3) is 0 Å². The van der Waals surface area contributed by atoms with Crippen LogP contribution in [0.2, 0.25) is 0 Å². The van der Waals surface area contributed by atoms with Gasteiger partial charge in [-0.15, -0.1) is 0 Å². The second-order valence-corrected chi connectivity index (χ2v) is 6.26. The van der Waals surface area contributed by atoms with E-state index in [-0.39, 0.29) is 13.0 Å². The second-order valence-electron chi connectivity index (χ2n) is 6.26. The number of ether oxygens (including phenoxy) is 1. The molecule has 0 aromatic rings. The number of halogens is 3. The van der Waals surface area contributed by atoms with Crippen LogP contribution in [0.4, 0.5) is 13.2 Å². The van der Waals surface area contributed by atoms with Crippen LogP contribution in [0.3, 0.4) is 0 Å². The highest BCUT2D eigenvalue weighted by atomic mass is 19.4.